The number of rotatable bonds is 6. The molecule has 4 rings (SSSR count). The molecule has 30 heavy (non-hydrogen) atoms. The average molecular weight is 445 g/mol. The summed E-state index contributed by atoms with van der Waals surface area (Å²) in [7, 11) is -1.70. The molecular weight excluding hydrogens is 424 g/mol. The number of benzene rings is 2. The fraction of sp³-hybridized carbons (Fsp3) is 0.238. The van der Waals surface area contributed by atoms with Gasteiger partial charge in [-0.2, -0.15) is 0 Å². The van der Waals surface area contributed by atoms with Crippen LogP contribution in [0.2, 0.25) is 0 Å². The van der Waals surface area contributed by atoms with Crippen molar-refractivity contribution in [2.45, 2.75) is 13.0 Å². The van der Waals surface area contributed by atoms with Gasteiger partial charge in [0.1, 0.15) is 17.4 Å². The molecule has 3 aromatic rings. The molecule has 1 aromatic heterocycles. The Balaban J connectivity index is 1.43. The second kappa shape index (κ2) is 8.08. The third kappa shape index (κ3) is 4.17. The Labute approximate surface area is 178 Å². The predicted molar refractivity (Wildman–Crippen MR) is 116 cm³/mol. The van der Waals surface area contributed by atoms with Crippen molar-refractivity contribution < 1.29 is 22.7 Å². The number of methoxy groups -OCH3 is 1. The molecule has 156 valence electrons. The van der Waals surface area contributed by atoms with Gasteiger partial charge in [-0.25, -0.2) is 18.2 Å². The van der Waals surface area contributed by atoms with Crippen molar-refractivity contribution in [1.82, 2.24) is 4.98 Å². The molecule has 0 saturated heterocycles. The molecule has 0 amide bonds. The summed E-state index contributed by atoms with van der Waals surface area (Å²) >= 11 is 1.47. The van der Waals surface area contributed by atoms with E-state index in [1.165, 1.54) is 21.9 Å². The van der Waals surface area contributed by atoms with E-state index in [0.717, 1.165) is 21.9 Å². The average Bonchev–Trinajstić information content (AvgIpc) is 3.38. The Morgan fingerprint density at radius 3 is 2.83 bits per heavy atom. The molecule has 0 bridgehead atoms. The number of aromatic nitrogens is 1. The van der Waals surface area contributed by atoms with Crippen molar-refractivity contribution in [2.75, 3.05) is 24.2 Å². The SMILES string of the molecule is COc1cccc(-c2nc(COC(=O)c3ccc4c(c3)CCN4S(C)(=O)=O)cs2)c1. The van der Waals surface area contributed by atoms with Crippen molar-refractivity contribution in [2.24, 2.45) is 0 Å². The molecule has 0 spiro atoms. The van der Waals surface area contributed by atoms with Gasteiger partial charge in [0.25, 0.3) is 0 Å². The number of fused-ring (bicyclic) bond motifs is 1. The molecule has 7 nitrogen and oxygen atoms in total. The fourth-order valence-corrected chi connectivity index (χ4v) is 5.09. The first-order valence-electron chi connectivity index (χ1n) is 9.22. The van der Waals surface area contributed by atoms with Gasteiger partial charge in [-0.1, -0.05) is 12.1 Å². The molecule has 0 atom stereocenters. The third-order valence-electron chi connectivity index (χ3n) is 4.79. The predicted octanol–water partition coefficient (Wildman–Crippen LogP) is 3.50. The Morgan fingerprint density at radius 1 is 1.23 bits per heavy atom. The zero-order valence-electron chi connectivity index (χ0n) is 16.5. The van der Waals surface area contributed by atoms with E-state index < -0.39 is 16.0 Å². The van der Waals surface area contributed by atoms with Crippen molar-refractivity contribution >= 4 is 33.0 Å². The zero-order chi connectivity index (χ0) is 21.3. The number of carbonyl (C=O) groups is 1. The second-order valence-electron chi connectivity index (χ2n) is 6.88. The van der Waals surface area contributed by atoms with E-state index in [9.17, 15) is 13.2 Å². The molecule has 2 heterocycles. The molecule has 0 fully saturated rings. The lowest BCUT2D eigenvalue weighted by Crippen LogP contribution is -2.27. The van der Waals surface area contributed by atoms with Crippen molar-refractivity contribution in [3.8, 4) is 16.3 Å². The molecule has 0 saturated carbocycles. The second-order valence-corrected chi connectivity index (χ2v) is 9.65. The number of esters is 1. The van der Waals surface area contributed by atoms with E-state index in [4.69, 9.17) is 9.47 Å². The van der Waals surface area contributed by atoms with Gasteiger partial charge in [-0.3, -0.25) is 4.31 Å². The Bertz CT molecular complexity index is 1200. The molecule has 1 aliphatic rings. The maximum atomic E-state index is 12.5. The molecule has 1 aliphatic heterocycles. The van der Waals surface area contributed by atoms with Crippen LogP contribution in [0, 0.1) is 0 Å². The van der Waals surface area contributed by atoms with Crippen LogP contribution in [-0.2, 0) is 27.8 Å². The Morgan fingerprint density at radius 2 is 2.07 bits per heavy atom. The maximum absolute atomic E-state index is 12.5. The summed E-state index contributed by atoms with van der Waals surface area (Å²) in [5.41, 5.74) is 3.44. The quantitative estimate of drug-likeness (QED) is 0.541. The smallest absolute Gasteiger partial charge is 0.338 e. The first-order chi connectivity index (χ1) is 14.3. The number of hydrogen-bond donors (Lipinski definition) is 0. The molecule has 0 unspecified atom stereocenters. The Hall–Kier alpha value is -2.91. The van der Waals surface area contributed by atoms with Crippen LogP contribution in [-0.4, -0.2) is 39.3 Å². The van der Waals surface area contributed by atoms with Crippen LogP contribution in [0.3, 0.4) is 0 Å². The molecule has 9 heteroatoms. The van der Waals surface area contributed by atoms with Crippen LogP contribution in [0.4, 0.5) is 5.69 Å². The van der Waals surface area contributed by atoms with Crippen LogP contribution in [0.5, 0.6) is 5.75 Å². The minimum absolute atomic E-state index is 0.0614. The minimum Gasteiger partial charge on any atom is -0.497 e. The highest BCUT2D eigenvalue weighted by atomic mass is 32.2. The van der Waals surface area contributed by atoms with Crippen LogP contribution < -0.4 is 9.04 Å². The number of sulfonamides is 1. The topological polar surface area (TPSA) is 85.8 Å². The van der Waals surface area contributed by atoms with Crippen molar-refractivity contribution in [3.05, 3.63) is 64.7 Å². The number of thiazole rings is 1. The van der Waals surface area contributed by atoms with Gasteiger partial charge in [-0.15, -0.1) is 11.3 Å². The first-order valence-corrected chi connectivity index (χ1v) is 11.9. The summed E-state index contributed by atoms with van der Waals surface area (Å²) < 4.78 is 35.7. The van der Waals surface area contributed by atoms with Gasteiger partial charge in [0, 0.05) is 17.5 Å². The highest BCUT2D eigenvalue weighted by Gasteiger charge is 2.27. The number of ether oxygens (including phenoxy) is 2. The summed E-state index contributed by atoms with van der Waals surface area (Å²) in [6.45, 7) is 0.449. The van der Waals surface area contributed by atoms with Gasteiger partial charge < -0.3 is 9.47 Å². The molecular formula is C21H20N2O5S2. The number of carbonyl (C=O) groups excluding carboxylic acids is 1. The Kier molecular flexibility index (Phi) is 5.48. The lowest BCUT2D eigenvalue weighted by Gasteiger charge is -2.16. The number of nitrogens with zero attached hydrogens (tertiary/aromatic N) is 2. The standard InChI is InChI=1S/C21H20N2O5S2/c1-27-18-5-3-4-15(11-18)20-22-17(13-29-20)12-28-21(24)16-6-7-19-14(10-16)8-9-23(19)30(2,25)26/h3-7,10-11,13H,8-9,12H2,1-2H3. The van der Waals surface area contributed by atoms with Crippen LogP contribution in [0.15, 0.2) is 47.8 Å². The maximum Gasteiger partial charge on any atom is 0.338 e. The van der Waals surface area contributed by atoms with Crippen LogP contribution in [0.25, 0.3) is 10.6 Å². The van der Waals surface area contributed by atoms with E-state index in [-0.39, 0.29) is 6.61 Å². The van der Waals surface area contributed by atoms with Gasteiger partial charge in [0.15, 0.2) is 0 Å². The van der Waals surface area contributed by atoms with Crippen molar-refractivity contribution in [3.63, 3.8) is 0 Å². The summed E-state index contributed by atoms with van der Waals surface area (Å²) in [4.78, 5) is 17.0. The van der Waals surface area contributed by atoms with Gasteiger partial charge in [0.2, 0.25) is 10.0 Å². The molecule has 0 radical (unpaired) electrons. The molecule has 0 N–H and O–H groups in total. The fourth-order valence-electron chi connectivity index (χ4n) is 3.33. The van der Waals surface area contributed by atoms with Crippen LogP contribution in [0.1, 0.15) is 21.6 Å². The normalized spacial score (nSPS) is 13.2. The first kappa shape index (κ1) is 20.4. The lowest BCUT2D eigenvalue weighted by molar-refractivity contribution is 0.0468. The lowest BCUT2D eigenvalue weighted by atomic mass is 10.1. The highest BCUT2D eigenvalue weighted by Crippen LogP contribution is 2.31. The van der Waals surface area contributed by atoms with E-state index in [2.05, 4.69) is 4.98 Å². The largest absolute Gasteiger partial charge is 0.497 e. The molecule has 2 aromatic carbocycles. The van der Waals surface area contributed by atoms with E-state index in [1.807, 2.05) is 29.6 Å². The van der Waals surface area contributed by atoms with E-state index in [0.29, 0.717) is 29.9 Å². The number of anilines is 1. The summed E-state index contributed by atoms with van der Waals surface area (Å²) in [5, 5.41) is 2.67. The van der Waals surface area contributed by atoms with Gasteiger partial charge >= 0.3 is 5.97 Å². The van der Waals surface area contributed by atoms with E-state index >= 15 is 0 Å². The molecule has 0 aliphatic carbocycles. The third-order valence-corrected chi connectivity index (χ3v) is 6.91. The summed E-state index contributed by atoms with van der Waals surface area (Å²) in [6, 6.07) is 12.6. The van der Waals surface area contributed by atoms with E-state index in [1.54, 1.807) is 25.3 Å². The summed E-state index contributed by atoms with van der Waals surface area (Å²) in [6.07, 6.45) is 1.75. The number of hydrogen-bond acceptors (Lipinski definition) is 7. The summed E-state index contributed by atoms with van der Waals surface area (Å²) in [5.74, 6) is 0.285. The minimum atomic E-state index is -3.32. The zero-order valence-corrected chi connectivity index (χ0v) is 18.1. The monoisotopic (exact) mass is 444 g/mol. The van der Waals surface area contributed by atoms with Crippen LogP contribution >= 0.6 is 11.3 Å². The van der Waals surface area contributed by atoms with Crippen molar-refractivity contribution in [1.29, 1.82) is 0 Å². The van der Waals surface area contributed by atoms with Gasteiger partial charge in [-0.05, 0) is 42.3 Å². The van der Waals surface area contributed by atoms with Gasteiger partial charge in [0.05, 0.1) is 30.3 Å². The highest BCUT2D eigenvalue weighted by molar-refractivity contribution is 7.92.